The first-order valence-electron chi connectivity index (χ1n) is 17.5. The molecule has 5 rings (SSSR count). The fourth-order valence-corrected chi connectivity index (χ4v) is 8.45. The molecule has 2 aliphatic heterocycles. The Kier molecular flexibility index (Phi) is 13.2. The number of alkyl halides is 3. The number of thioether (sulfide) groups is 1. The van der Waals surface area contributed by atoms with Crippen molar-refractivity contribution in [2.45, 2.75) is 89.8 Å². The lowest BCUT2D eigenvalue weighted by atomic mass is 9.94. The highest BCUT2D eigenvalue weighted by Gasteiger charge is 2.33. The lowest BCUT2D eigenvalue weighted by molar-refractivity contribution is -0.138. The van der Waals surface area contributed by atoms with Crippen LogP contribution in [0.4, 0.5) is 13.2 Å². The lowest BCUT2D eigenvalue weighted by Crippen LogP contribution is -2.41. The van der Waals surface area contributed by atoms with Crippen LogP contribution in [0.25, 0.3) is 11.1 Å². The van der Waals surface area contributed by atoms with Crippen LogP contribution in [0, 0.1) is 0 Å². The molecule has 7 nitrogen and oxygen atoms in total. The molecule has 0 spiro atoms. The van der Waals surface area contributed by atoms with E-state index in [1.165, 1.54) is 60.9 Å². The second-order valence-electron chi connectivity index (χ2n) is 12.7. The second-order valence-corrected chi connectivity index (χ2v) is 14.7. The first-order valence-corrected chi connectivity index (χ1v) is 19.3. The highest BCUT2D eigenvalue weighted by Crippen LogP contribution is 2.35. The Hall–Kier alpha value is -3.64. The summed E-state index contributed by atoms with van der Waals surface area (Å²) in [6.07, 6.45) is 6.34. The predicted octanol–water partition coefficient (Wildman–Crippen LogP) is 9.56. The van der Waals surface area contributed by atoms with Crippen LogP contribution < -0.4 is 0 Å². The number of unbranched alkanes of at least 4 members (excludes halogenated alkanes) is 5. The number of carbonyl (C=O) groups is 3. The average Bonchev–Trinajstić information content (AvgIpc) is 3.63. The third kappa shape index (κ3) is 9.37. The number of ether oxygens (including phenoxy) is 1. The topological polar surface area (TPSA) is 79.8 Å². The van der Waals surface area contributed by atoms with Gasteiger partial charge in [-0.15, -0.1) is 23.1 Å². The van der Waals surface area contributed by atoms with Crippen LogP contribution >= 0.6 is 23.1 Å². The van der Waals surface area contributed by atoms with Gasteiger partial charge < -0.3 is 14.5 Å². The van der Waals surface area contributed by atoms with Crippen LogP contribution in [0.3, 0.4) is 0 Å². The number of hydrogen-bond acceptors (Lipinski definition) is 7. The standard InChI is InChI=1S/C38H44F3N3O4S2/c1-3-5-6-7-8-9-12-29-24-49-33(37(47)48-4-2)23-44(29)36(46)32-25-50-34(42-32)27-19-21-43(22-20-27)35(45)31-14-11-10-13-30(31)26-15-17-28(18-16-26)38(39,40)41/h10-11,13-18,23,25,27,29H,3-9,12,19-22,24H2,1-2H3. The Labute approximate surface area is 300 Å². The fraction of sp³-hybridized carbons (Fsp3) is 0.474. The second kappa shape index (κ2) is 17.5. The van der Waals surface area contributed by atoms with Crippen LogP contribution in [0.15, 0.2) is 65.0 Å². The van der Waals surface area contributed by atoms with E-state index in [9.17, 15) is 27.6 Å². The molecule has 2 amide bonds. The largest absolute Gasteiger partial charge is 0.462 e. The molecule has 2 aromatic carbocycles. The summed E-state index contributed by atoms with van der Waals surface area (Å²) in [5, 5.41) is 2.63. The maximum Gasteiger partial charge on any atom is 0.416 e. The highest BCUT2D eigenvalue weighted by atomic mass is 32.2. The van der Waals surface area contributed by atoms with E-state index in [-0.39, 0.29) is 30.4 Å². The zero-order valence-corrected chi connectivity index (χ0v) is 30.2. The molecule has 0 radical (unpaired) electrons. The van der Waals surface area contributed by atoms with Crippen molar-refractivity contribution < 1.29 is 32.3 Å². The number of amides is 2. The van der Waals surface area contributed by atoms with Crippen molar-refractivity contribution in [2.24, 2.45) is 0 Å². The summed E-state index contributed by atoms with van der Waals surface area (Å²) in [5.74, 6) is -0.111. The molecule has 0 aliphatic carbocycles. The van der Waals surface area contributed by atoms with E-state index in [0.29, 0.717) is 59.0 Å². The molecule has 0 saturated carbocycles. The molecule has 3 heterocycles. The van der Waals surface area contributed by atoms with Crippen LogP contribution in [0.5, 0.6) is 0 Å². The van der Waals surface area contributed by atoms with E-state index in [0.717, 1.165) is 36.4 Å². The molecule has 3 aromatic rings. The molecule has 268 valence electrons. The summed E-state index contributed by atoms with van der Waals surface area (Å²) in [6, 6.07) is 11.8. The number of esters is 1. The summed E-state index contributed by atoms with van der Waals surface area (Å²) in [7, 11) is 0. The average molecular weight is 728 g/mol. The molecule has 2 aliphatic rings. The van der Waals surface area contributed by atoms with E-state index >= 15 is 0 Å². The Bertz CT molecular complexity index is 1650. The van der Waals surface area contributed by atoms with Crippen LogP contribution in [-0.4, -0.2) is 64.1 Å². The number of piperidine rings is 1. The minimum Gasteiger partial charge on any atom is -0.462 e. The van der Waals surface area contributed by atoms with Gasteiger partial charge in [0.05, 0.1) is 17.2 Å². The van der Waals surface area contributed by atoms with Crippen molar-refractivity contribution in [2.75, 3.05) is 25.4 Å². The van der Waals surface area contributed by atoms with Crippen molar-refractivity contribution >= 4 is 40.9 Å². The minimum absolute atomic E-state index is 0.0401. The zero-order chi connectivity index (χ0) is 35.7. The predicted molar refractivity (Wildman–Crippen MR) is 192 cm³/mol. The zero-order valence-electron chi connectivity index (χ0n) is 28.5. The van der Waals surface area contributed by atoms with Crippen molar-refractivity contribution in [3.8, 4) is 11.1 Å². The third-order valence-electron chi connectivity index (χ3n) is 9.24. The number of thiazole rings is 1. The van der Waals surface area contributed by atoms with E-state index in [1.807, 2.05) is 0 Å². The minimum atomic E-state index is -4.43. The van der Waals surface area contributed by atoms with Crippen LogP contribution in [0.1, 0.15) is 109 Å². The number of benzene rings is 2. The first kappa shape index (κ1) is 37.6. The van der Waals surface area contributed by atoms with E-state index in [1.54, 1.807) is 52.6 Å². The van der Waals surface area contributed by atoms with Gasteiger partial charge in [-0.25, -0.2) is 9.78 Å². The van der Waals surface area contributed by atoms with Crippen molar-refractivity contribution in [3.05, 3.63) is 86.8 Å². The van der Waals surface area contributed by atoms with Crippen LogP contribution in [0.2, 0.25) is 0 Å². The quantitative estimate of drug-likeness (QED) is 0.129. The van der Waals surface area contributed by atoms with Crippen molar-refractivity contribution in [3.63, 3.8) is 0 Å². The molecule has 1 atom stereocenters. The number of halogens is 3. The smallest absolute Gasteiger partial charge is 0.416 e. The number of rotatable bonds is 13. The maximum absolute atomic E-state index is 13.9. The molecule has 1 unspecified atom stereocenters. The van der Waals surface area contributed by atoms with Gasteiger partial charge in [0.2, 0.25) is 0 Å². The summed E-state index contributed by atoms with van der Waals surface area (Å²) < 4.78 is 44.6. The van der Waals surface area contributed by atoms with Gasteiger partial charge in [-0.1, -0.05) is 75.8 Å². The van der Waals surface area contributed by atoms with Crippen molar-refractivity contribution in [1.82, 2.24) is 14.8 Å². The van der Waals surface area contributed by atoms with Gasteiger partial charge in [0.15, 0.2) is 0 Å². The van der Waals surface area contributed by atoms with Gasteiger partial charge in [-0.05, 0) is 55.5 Å². The Balaban J connectivity index is 1.23. The summed E-state index contributed by atoms with van der Waals surface area (Å²) in [4.78, 5) is 48.8. The van der Waals surface area contributed by atoms with E-state index < -0.39 is 17.7 Å². The Morgan fingerprint density at radius 1 is 0.920 bits per heavy atom. The van der Waals surface area contributed by atoms with Gasteiger partial charge in [0.1, 0.15) is 10.6 Å². The number of carbonyl (C=O) groups excluding carboxylic acids is 3. The van der Waals surface area contributed by atoms with Gasteiger partial charge in [-0.2, -0.15) is 13.2 Å². The van der Waals surface area contributed by atoms with Gasteiger partial charge >= 0.3 is 12.1 Å². The molecule has 1 saturated heterocycles. The summed E-state index contributed by atoms with van der Waals surface area (Å²) in [5.41, 5.74) is 1.19. The molecular weight excluding hydrogens is 684 g/mol. The monoisotopic (exact) mass is 727 g/mol. The fourth-order valence-electron chi connectivity index (χ4n) is 6.42. The number of likely N-dealkylation sites (tertiary alicyclic amines) is 1. The van der Waals surface area contributed by atoms with Gasteiger partial charge in [0.25, 0.3) is 11.8 Å². The summed E-state index contributed by atoms with van der Waals surface area (Å²) >= 11 is 2.88. The highest BCUT2D eigenvalue weighted by molar-refractivity contribution is 8.04. The molecule has 12 heteroatoms. The molecule has 1 aromatic heterocycles. The van der Waals surface area contributed by atoms with Crippen molar-refractivity contribution in [1.29, 1.82) is 0 Å². The van der Waals surface area contributed by atoms with E-state index in [2.05, 4.69) is 6.92 Å². The molecule has 0 N–H and O–H groups in total. The molecule has 50 heavy (non-hydrogen) atoms. The number of hydrogen-bond donors (Lipinski definition) is 0. The van der Waals surface area contributed by atoms with Crippen LogP contribution in [-0.2, 0) is 15.7 Å². The summed E-state index contributed by atoms with van der Waals surface area (Å²) in [6.45, 7) is 5.20. The number of aromatic nitrogens is 1. The molecular formula is C38H44F3N3O4S2. The maximum atomic E-state index is 13.9. The molecule has 0 bridgehead atoms. The Morgan fingerprint density at radius 2 is 1.62 bits per heavy atom. The van der Waals surface area contributed by atoms with E-state index in [4.69, 9.17) is 9.72 Å². The third-order valence-corrected chi connectivity index (χ3v) is 11.4. The van der Waals surface area contributed by atoms with Gasteiger partial charge in [0, 0.05) is 47.9 Å². The number of nitrogens with zero attached hydrogens (tertiary/aromatic N) is 3. The first-order chi connectivity index (χ1) is 24.1. The van der Waals surface area contributed by atoms with Gasteiger partial charge in [-0.3, -0.25) is 9.59 Å². The Morgan fingerprint density at radius 3 is 2.32 bits per heavy atom. The molecule has 1 fully saturated rings. The normalized spacial score (nSPS) is 17.1. The SMILES string of the molecule is CCCCCCCCC1CSC(C(=O)OCC)=CN1C(=O)c1csc(C2CCN(C(=O)c3ccccc3-c3ccc(C(F)(F)F)cc3)CC2)n1. The lowest BCUT2D eigenvalue weighted by Gasteiger charge is -2.33.